The summed E-state index contributed by atoms with van der Waals surface area (Å²) in [7, 11) is 0. The van der Waals surface area contributed by atoms with Gasteiger partial charge in [-0.2, -0.15) is 0 Å². The second-order valence-electron chi connectivity index (χ2n) is 8.13. The topological polar surface area (TPSA) is 75.7 Å². The van der Waals surface area contributed by atoms with Gasteiger partial charge in [-0.25, -0.2) is 4.39 Å². The highest BCUT2D eigenvalue weighted by Gasteiger charge is 2.25. The van der Waals surface area contributed by atoms with E-state index in [0.29, 0.717) is 24.7 Å². The number of thioether (sulfide) groups is 1. The smallest absolute Gasteiger partial charge is 0.319 e. The van der Waals surface area contributed by atoms with Crippen molar-refractivity contribution in [3.8, 4) is 0 Å². The van der Waals surface area contributed by atoms with Crippen LogP contribution in [0.3, 0.4) is 0 Å². The van der Waals surface area contributed by atoms with Crippen molar-refractivity contribution in [3.05, 3.63) is 66.0 Å². The summed E-state index contributed by atoms with van der Waals surface area (Å²) in [4.78, 5) is 38.4. The fourth-order valence-corrected chi connectivity index (χ4v) is 4.35. The zero-order valence-corrected chi connectivity index (χ0v) is 19.5. The highest BCUT2D eigenvalue weighted by atomic mass is 32.2. The third-order valence-electron chi connectivity index (χ3n) is 5.60. The summed E-state index contributed by atoms with van der Waals surface area (Å²) in [5.41, 5.74) is 1.80. The number of halogens is 1. The quantitative estimate of drug-likeness (QED) is 0.560. The minimum atomic E-state index is -0.589. The number of anilines is 1. The number of ether oxygens (including phenoxy) is 1. The summed E-state index contributed by atoms with van der Waals surface area (Å²) < 4.78 is 18.1. The summed E-state index contributed by atoms with van der Waals surface area (Å²) in [6.07, 6.45) is 2.88. The molecule has 0 aromatic heterocycles. The molecule has 176 valence electrons. The number of carbonyl (C=O) groups excluding carboxylic acids is 3. The zero-order valence-electron chi connectivity index (χ0n) is 18.7. The second kappa shape index (κ2) is 12.4. The van der Waals surface area contributed by atoms with E-state index in [1.165, 1.54) is 29.8 Å². The SMILES string of the molecule is CC(SCC(=O)Nc1ccc(F)cc1)C(=O)OCC(=O)N1CCC(Cc2ccccc2)CC1. The average molecular weight is 473 g/mol. The van der Waals surface area contributed by atoms with Crippen LogP contribution in [0.5, 0.6) is 0 Å². The van der Waals surface area contributed by atoms with Gasteiger partial charge in [0.15, 0.2) is 6.61 Å². The molecule has 1 saturated heterocycles. The number of likely N-dealkylation sites (tertiary alicyclic amines) is 1. The summed E-state index contributed by atoms with van der Waals surface area (Å²) in [5, 5.41) is 2.05. The van der Waals surface area contributed by atoms with Crippen LogP contribution in [0.4, 0.5) is 10.1 Å². The van der Waals surface area contributed by atoms with Crippen molar-refractivity contribution < 1.29 is 23.5 Å². The van der Waals surface area contributed by atoms with E-state index in [-0.39, 0.29) is 30.0 Å². The predicted molar refractivity (Wildman–Crippen MR) is 127 cm³/mol. The molecular formula is C25H29FN2O4S. The molecule has 6 nitrogen and oxygen atoms in total. The van der Waals surface area contributed by atoms with Crippen molar-refractivity contribution in [1.82, 2.24) is 4.90 Å². The summed E-state index contributed by atoms with van der Waals surface area (Å²) >= 11 is 1.12. The van der Waals surface area contributed by atoms with Gasteiger partial charge in [-0.3, -0.25) is 14.4 Å². The van der Waals surface area contributed by atoms with Crippen molar-refractivity contribution in [2.24, 2.45) is 5.92 Å². The standard InChI is InChI=1S/C25H29FN2O4S/c1-18(33-17-23(29)27-22-9-7-21(26)8-10-22)25(31)32-16-24(30)28-13-11-20(12-14-28)15-19-5-3-2-4-6-19/h2-10,18,20H,11-17H2,1H3,(H,27,29). The Hall–Kier alpha value is -2.87. The molecule has 1 atom stereocenters. The molecule has 2 aromatic rings. The Morgan fingerprint density at radius 2 is 1.76 bits per heavy atom. The summed E-state index contributed by atoms with van der Waals surface area (Å²) in [6, 6.07) is 15.8. The Kier molecular flexibility index (Phi) is 9.30. The number of benzene rings is 2. The number of esters is 1. The van der Waals surface area contributed by atoms with E-state index in [2.05, 4.69) is 17.4 Å². The lowest BCUT2D eigenvalue weighted by atomic mass is 9.90. The van der Waals surface area contributed by atoms with Crippen molar-refractivity contribution in [3.63, 3.8) is 0 Å². The Morgan fingerprint density at radius 1 is 1.09 bits per heavy atom. The normalized spacial score (nSPS) is 15.0. The van der Waals surface area contributed by atoms with E-state index in [1.54, 1.807) is 11.8 Å². The molecule has 2 amide bonds. The monoisotopic (exact) mass is 472 g/mol. The first-order valence-corrected chi connectivity index (χ1v) is 12.1. The molecule has 0 radical (unpaired) electrons. The van der Waals surface area contributed by atoms with E-state index in [0.717, 1.165) is 31.0 Å². The van der Waals surface area contributed by atoms with Gasteiger partial charge in [0.2, 0.25) is 5.91 Å². The fraction of sp³-hybridized carbons (Fsp3) is 0.400. The molecule has 1 unspecified atom stereocenters. The van der Waals surface area contributed by atoms with Crippen LogP contribution in [0.15, 0.2) is 54.6 Å². The highest BCUT2D eigenvalue weighted by Crippen LogP contribution is 2.22. The molecule has 0 aliphatic carbocycles. The predicted octanol–water partition coefficient (Wildman–Crippen LogP) is 3.91. The van der Waals surface area contributed by atoms with Gasteiger partial charge in [0.05, 0.1) is 5.75 Å². The van der Waals surface area contributed by atoms with E-state index >= 15 is 0 Å². The third-order valence-corrected chi connectivity index (χ3v) is 6.72. The molecule has 1 aliphatic rings. The Morgan fingerprint density at radius 3 is 2.42 bits per heavy atom. The van der Waals surface area contributed by atoms with E-state index in [4.69, 9.17) is 4.74 Å². The minimum absolute atomic E-state index is 0.0382. The van der Waals surface area contributed by atoms with Gasteiger partial charge in [0.1, 0.15) is 11.1 Å². The lowest BCUT2D eigenvalue weighted by molar-refractivity contribution is -0.151. The minimum Gasteiger partial charge on any atom is -0.455 e. The van der Waals surface area contributed by atoms with Crippen LogP contribution in [-0.2, 0) is 25.5 Å². The number of amides is 2. The number of piperidine rings is 1. The first kappa shape index (κ1) is 24.8. The zero-order chi connectivity index (χ0) is 23.6. The van der Waals surface area contributed by atoms with E-state index in [1.807, 2.05) is 18.2 Å². The van der Waals surface area contributed by atoms with Gasteiger partial charge >= 0.3 is 5.97 Å². The van der Waals surface area contributed by atoms with E-state index in [9.17, 15) is 18.8 Å². The van der Waals surface area contributed by atoms with Crippen LogP contribution < -0.4 is 5.32 Å². The number of carbonyl (C=O) groups is 3. The van der Waals surface area contributed by atoms with Gasteiger partial charge in [-0.1, -0.05) is 30.3 Å². The largest absolute Gasteiger partial charge is 0.455 e. The molecule has 33 heavy (non-hydrogen) atoms. The van der Waals surface area contributed by atoms with Gasteiger partial charge in [-0.15, -0.1) is 11.8 Å². The summed E-state index contributed by atoms with van der Waals surface area (Å²) in [5.74, 6) is -0.812. The first-order valence-electron chi connectivity index (χ1n) is 11.1. The first-order chi connectivity index (χ1) is 15.9. The van der Waals surface area contributed by atoms with Crippen molar-refractivity contribution in [2.75, 3.05) is 30.8 Å². The number of rotatable bonds is 9. The molecular weight excluding hydrogens is 443 g/mol. The van der Waals surface area contributed by atoms with Crippen LogP contribution in [0.25, 0.3) is 0 Å². The Balaban J connectivity index is 1.32. The van der Waals surface area contributed by atoms with Crippen LogP contribution >= 0.6 is 11.8 Å². The molecule has 0 saturated carbocycles. The molecule has 1 heterocycles. The van der Waals surface area contributed by atoms with Crippen LogP contribution in [0, 0.1) is 11.7 Å². The van der Waals surface area contributed by atoms with Crippen LogP contribution in [0.1, 0.15) is 25.3 Å². The van der Waals surface area contributed by atoms with Crippen LogP contribution in [-0.4, -0.2) is 53.4 Å². The molecule has 2 aromatic carbocycles. The number of nitrogens with zero attached hydrogens (tertiary/aromatic N) is 1. The van der Waals surface area contributed by atoms with Crippen molar-refractivity contribution in [1.29, 1.82) is 0 Å². The fourth-order valence-electron chi connectivity index (χ4n) is 3.67. The van der Waals surface area contributed by atoms with Gasteiger partial charge in [0.25, 0.3) is 5.91 Å². The highest BCUT2D eigenvalue weighted by molar-refractivity contribution is 8.01. The lowest BCUT2D eigenvalue weighted by Crippen LogP contribution is -2.41. The van der Waals surface area contributed by atoms with Gasteiger partial charge in [-0.05, 0) is 61.9 Å². The molecule has 1 N–H and O–H groups in total. The van der Waals surface area contributed by atoms with E-state index < -0.39 is 11.2 Å². The molecule has 1 fully saturated rings. The average Bonchev–Trinajstić information content (AvgIpc) is 2.83. The molecule has 3 rings (SSSR count). The van der Waals surface area contributed by atoms with Gasteiger partial charge in [0, 0.05) is 18.8 Å². The number of nitrogens with one attached hydrogen (secondary N) is 1. The Bertz CT molecular complexity index is 931. The molecule has 8 heteroatoms. The van der Waals surface area contributed by atoms with Crippen molar-refractivity contribution >= 4 is 35.2 Å². The van der Waals surface area contributed by atoms with Crippen molar-refractivity contribution in [2.45, 2.75) is 31.4 Å². The van der Waals surface area contributed by atoms with Gasteiger partial charge < -0.3 is 15.0 Å². The Labute approximate surface area is 197 Å². The maximum absolute atomic E-state index is 12.9. The molecule has 0 spiro atoms. The lowest BCUT2D eigenvalue weighted by Gasteiger charge is -2.32. The second-order valence-corrected chi connectivity index (χ2v) is 9.46. The van der Waals surface area contributed by atoms with Crippen LogP contribution in [0.2, 0.25) is 0 Å². The maximum atomic E-state index is 12.9. The third kappa shape index (κ3) is 8.20. The maximum Gasteiger partial charge on any atom is 0.319 e. The summed E-state index contributed by atoms with van der Waals surface area (Å²) in [6.45, 7) is 2.69. The number of hydrogen-bond donors (Lipinski definition) is 1. The molecule has 0 bridgehead atoms. The number of hydrogen-bond acceptors (Lipinski definition) is 5. The molecule has 1 aliphatic heterocycles.